The Morgan fingerprint density at radius 3 is 2.71 bits per heavy atom. The van der Waals surface area contributed by atoms with Crippen molar-refractivity contribution in [3.05, 3.63) is 64.2 Å². The summed E-state index contributed by atoms with van der Waals surface area (Å²) >= 11 is 5.94. The van der Waals surface area contributed by atoms with Crippen LogP contribution in [0.3, 0.4) is 0 Å². The fourth-order valence-corrected chi connectivity index (χ4v) is 3.24. The SMILES string of the molecule is C[C@H](NC1CCCc2ccc(O)cc21)c1ccc(Cl)cc1. The summed E-state index contributed by atoms with van der Waals surface area (Å²) in [5, 5.41) is 14.2. The maximum absolute atomic E-state index is 9.75. The third kappa shape index (κ3) is 3.22. The predicted molar refractivity (Wildman–Crippen MR) is 86.8 cm³/mol. The fourth-order valence-electron chi connectivity index (χ4n) is 3.11. The van der Waals surface area contributed by atoms with E-state index in [4.69, 9.17) is 11.6 Å². The molecule has 0 radical (unpaired) electrons. The molecule has 0 fully saturated rings. The van der Waals surface area contributed by atoms with E-state index in [-0.39, 0.29) is 6.04 Å². The Bertz CT molecular complexity index is 624. The Hall–Kier alpha value is -1.51. The van der Waals surface area contributed by atoms with E-state index in [0.29, 0.717) is 11.8 Å². The van der Waals surface area contributed by atoms with Crippen LogP contribution in [0.15, 0.2) is 42.5 Å². The highest BCUT2D eigenvalue weighted by Crippen LogP contribution is 2.33. The fraction of sp³-hybridized carbons (Fsp3) is 0.333. The van der Waals surface area contributed by atoms with E-state index in [2.05, 4.69) is 24.4 Å². The lowest BCUT2D eigenvalue weighted by Crippen LogP contribution is -2.27. The number of benzene rings is 2. The van der Waals surface area contributed by atoms with Gasteiger partial charge >= 0.3 is 0 Å². The third-order valence-electron chi connectivity index (χ3n) is 4.26. The Morgan fingerprint density at radius 1 is 1.19 bits per heavy atom. The Morgan fingerprint density at radius 2 is 1.95 bits per heavy atom. The monoisotopic (exact) mass is 301 g/mol. The summed E-state index contributed by atoms with van der Waals surface area (Å²) in [7, 11) is 0. The molecule has 0 amide bonds. The molecule has 3 heteroatoms. The van der Waals surface area contributed by atoms with Gasteiger partial charge in [-0.15, -0.1) is 0 Å². The van der Waals surface area contributed by atoms with E-state index in [1.165, 1.54) is 23.1 Å². The molecule has 2 aromatic carbocycles. The van der Waals surface area contributed by atoms with Gasteiger partial charge in [0.05, 0.1) is 0 Å². The van der Waals surface area contributed by atoms with Gasteiger partial charge in [0.1, 0.15) is 5.75 Å². The van der Waals surface area contributed by atoms with Gasteiger partial charge in [0.25, 0.3) is 0 Å². The Kier molecular flexibility index (Phi) is 4.18. The van der Waals surface area contributed by atoms with E-state index in [0.717, 1.165) is 17.9 Å². The zero-order valence-electron chi connectivity index (χ0n) is 12.1. The van der Waals surface area contributed by atoms with Crippen molar-refractivity contribution in [1.82, 2.24) is 5.32 Å². The summed E-state index contributed by atoms with van der Waals surface area (Å²) in [6.45, 7) is 2.17. The summed E-state index contributed by atoms with van der Waals surface area (Å²) in [4.78, 5) is 0. The van der Waals surface area contributed by atoms with Gasteiger partial charge in [0.2, 0.25) is 0 Å². The van der Waals surface area contributed by atoms with Gasteiger partial charge in [-0.3, -0.25) is 0 Å². The molecule has 1 aliphatic carbocycles. The van der Waals surface area contributed by atoms with Crippen LogP contribution in [0.25, 0.3) is 0 Å². The smallest absolute Gasteiger partial charge is 0.115 e. The number of aromatic hydroxyl groups is 1. The number of phenolic OH excluding ortho intramolecular Hbond substituents is 1. The van der Waals surface area contributed by atoms with Crippen molar-refractivity contribution in [2.45, 2.75) is 38.3 Å². The first kappa shape index (κ1) is 14.4. The number of halogens is 1. The highest BCUT2D eigenvalue weighted by atomic mass is 35.5. The van der Waals surface area contributed by atoms with Crippen molar-refractivity contribution in [3.63, 3.8) is 0 Å². The molecule has 21 heavy (non-hydrogen) atoms. The number of phenols is 1. The van der Waals surface area contributed by atoms with E-state index < -0.39 is 0 Å². The molecule has 0 saturated carbocycles. The first-order valence-electron chi connectivity index (χ1n) is 7.47. The Labute approximate surface area is 130 Å². The van der Waals surface area contributed by atoms with E-state index in [9.17, 15) is 5.11 Å². The van der Waals surface area contributed by atoms with Crippen molar-refractivity contribution in [2.24, 2.45) is 0 Å². The predicted octanol–water partition coefficient (Wildman–Crippen LogP) is 4.77. The Balaban J connectivity index is 1.80. The van der Waals surface area contributed by atoms with Gasteiger partial charge in [-0.05, 0) is 67.1 Å². The van der Waals surface area contributed by atoms with E-state index in [1.54, 1.807) is 6.07 Å². The molecule has 0 spiro atoms. The molecular weight excluding hydrogens is 282 g/mol. The molecule has 0 heterocycles. The maximum Gasteiger partial charge on any atom is 0.115 e. The van der Waals surface area contributed by atoms with Crippen molar-refractivity contribution >= 4 is 11.6 Å². The summed E-state index contributed by atoms with van der Waals surface area (Å²) in [6, 6.07) is 14.3. The molecule has 2 aromatic rings. The van der Waals surface area contributed by atoms with Crippen molar-refractivity contribution in [1.29, 1.82) is 0 Å². The lowest BCUT2D eigenvalue weighted by atomic mass is 9.87. The van der Waals surface area contributed by atoms with Gasteiger partial charge < -0.3 is 10.4 Å². The molecule has 2 nitrogen and oxygen atoms in total. The topological polar surface area (TPSA) is 32.3 Å². The van der Waals surface area contributed by atoms with Gasteiger partial charge in [0, 0.05) is 17.1 Å². The number of rotatable bonds is 3. The van der Waals surface area contributed by atoms with Crippen molar-refractivity contribution < 1.29 is 5.11 Å². The van der Waals surface area contributed by atoms with E-state index in [1.807, 2.05) is 24.3 Å². The van der Waals surface area contributed by atoms with Crippen molar-refractivity contribution in [3.8, 4) is 5.75 Å². The van der Waals surface area contributed by atoms with Gasteiger partial charge in [0.15, 0.2) is 0 Å². The number of nitrogens with one attached hydrogen (secondary N) is 1. The van der Waals surface area contributed by atoms with Crippen LogP contribution >= 0.6 is 11.6 Å². The molecule has 2 atom stereocenters. The first-order valence-corrected chi connectivity index (χ1v) is 7.84. The second kappa shape index (κ2) is 6.08. The number of aryl methyl sites for hydroxylation is 1. The second-order valence-electron chi connectivity index (χ2n) is 5.77. The van der Waals surface area contributed by atoms with Crippen LogP contribution < -0.4 is 5.32 Å². The largest absolute Gasteiger partial charge is 0.508 e. The summed E-state index contributed by atoms with van der Waals surface area (Å²) in [5.74, 6) is 0.349. The van der Waals surface area contributed by atoms with Crippen LogP contribution in [0.2, 0.25) is 5.02 Å². The molecular formula is C18H20ClNO. The second-order valence-corrected chi connectivity index (χ2v) is 6.20. The molecule has 0 bridgehead atoms. The summed E-state index contributed by atoms with van der Waals surface area (Å²) in [5.41, 5.74) is 3.81. The standard InChI is InChI=1S/C18H20ClNO/c1-12(13-5-8-15(19)9-6-13)20-18-4-2-3-14-7-10-16(21)11-17(14)18/h5-12,18,20-21H,2-4H2,1H3/t12-,18?/m0/s1. The van der Waals surface area contributed by atoms with Crippen molar-refractivity contribution in [2.75, 3.05) is 0 Å². The average molecular weight is 302 g/mol. The minimum atomic E-state index is 0.251. The van der Waals surface area contributed by atoms with E-state index >= 15 is 0 Å². The molecule has 1 aliphatic rings. The molecule has 2 N–H and O–H groups in total. The van der Waals surface area contributed by atoms with Crippen LogP contribution in [0.5, 0.6) is 5.75 Å². The lowest BCUT2D eigenvalue weighted by Gasteiger charge is -2.29. The molecule has 0 aromatic heterocycles. The van der Waals surface area contributed by atoms with Crippen LogP contribution in [0.1, 0.15) is 48.5 Å². The lowest BCUT2D eigenvalue weighted by molar-refractivity contribution is 0.411. The zero-order valence-corrected chi connectivity index (χ0v) is 12.9. The van der Waals surface area contributed by atoms with Gasteiger partial charge in [-0.2, -0.15) is 0 Å². The highest BCUT2D eigenvalue weighted by molar-refractivity contribution is 6.30. The van der Waals surface area contributed by atoms with Crippen LogP contribution in [-0.4, -0.2) is 5.11 Å². The highest BCUT2D eigenvalue weighted by Gasteiger charge is 2.22. The summed E-state index contributed by atoms with van der Waals surface area (Å²) < 4.78 is 0. The molecule has 110 valence electrons. The van der Waals surface area contributed by atoms with Gasteiger partial charge in [-0.25, -0.2) is 0 Å². The average Bonchev–Trinajstić information content (AvgIpc) is 2.48. The quantitative estimate of drug-likeness (QED) is 0.855. The van der Waals surface area contributed by atoms with Crippen LogP contribution in [0.4, 0.5) is 0 Å². The van der Waals surface area contributed by atoms with Crippen LogP contribution in [-0.2, 0) is 6.42 Å². The molecule has 0 saturated heterocycles. The minimum Gasteiger partial charge on any atom is -0.508 e. The van der Waals surface area contributed by atoms with Crippen LogP contribution in [0, 0.1) is 0 Å². The molecule has 3 rings (SSSR count). The first-order chi connectivity index (χ1) is 10.1. The normalized spacial score (nSPS) is 19.0. The minimum absolute atomic E-state index is 0.251. The molecule has 1 unspecified atom stereocenters. The number of hydrogen-bond donors (Lipinski definition) is 2. The third-order valence-corrected chi connectivity index (χ3v) is 4.52. The zero-order chi connectivity index (χ0) is 14.8. The molecule has 0 aliphatic heterocycles. The van der Waals surface area contributed by atoms with Gasteiger partial charge in [-0.1, -0.05) is 29.8 Å². The number of hydrogen-bond acceptors (Lipinski definition) is 2. The summed E-state index contributed by atoms with van der Waals surface area (Å²) in [6.07, 6.45) is 3.39. The number of fused-ring (bicyclic) bond motifs is 1. The maximum atomic E-state index is 9.75.